The van der Waals surface area contributed by atoms with Crippen molar-refractivity contribution in [2.24, 2.45) is 0 Å². The SMILES string of the molecule is CC1CN(Cc2ccc(OCC(F)F)cc2)CCN1.Cl. The van der Waals surface area contributed by atoms with Crippen molar-refractivity contribution in [2.45, 2.75) is 25.9 Å². The van der Waals surface area contributed by atoms with Crippen molar-refractivity contribution in [3.8, 4) is 5.75 Å². The highest BCUT2D eigenvalue weighted by Crippen LogP contribution is 2.15. The minimum Gasteiger partial charge on any atom is -0.488 e. The molecule has 0 aromatic heterocycles. The zero-order chi connectivity index (χ0) is 13.7. The number of piperazine rings is 1. The van der Waals surface area contributed by atoms with Gasteiger partial charge in [0.1, 0.15) is 12.4 Å². The van der Waals surface area contributed by atoms with Crippen molar-refractivity contribution in [3.05, 3.63) is 29.8 Å². The fourth-order valence-corrected chi connectivity index (χ4v) is 2.26. The van der Waals surface area contributed by atoms with Crippen LogP contribution in [-0.2, 0) is 6.54 Å². The maximum Gasteiger partial charge on any atom is 0.272 e. The molecule has 114 valence electrons. The maximum absolute atomic E-state index is 12.0. The van der Waals surface area contributed by atoms with Crippen molar-refractivity contribution in [1.29, 1.82) is 0 Å². The third-order valence-corrected chi connectivity index (χ3v) is 3.16. The van der Waals surface area contributed by atoms with Crippen LogP contribution in [0, 0.1) is 0 Å². The lowest BCUT2D eigenvalue weighted by molar-refractivity contribution is 0.0819. The number of benzene rings is 1. The Morgan fingerprint density at radius 1 is 1.35 bits per heavy atom. The Hall–Kier alpha value is -0.910. The van der Waals surface area contributed by atoms with Gasteiger partial charge in [-0.15, -0.1) is 12.4 Å². The Balaban J connectivity index is 0.00000200. The number of hydrogen-bond acceptors (Lipinski definition) is 3. The predicted molar refractivity (Wildman–Crippen MR) is 77.9 cm³/mol. The van der Waals surface area contributed by atoms with Gasteiger partial charge in [0, 0.05) is 32.2 Å². The molecular formula is C14H21ClF2N2O. The van der Waals surface area contributed by atoms with E-state index >= 15 is 0 Å². The number of halogens is 3. The predicted octanol–water partition coefficient (Wildman–Crippen LogP) is 2.55. The molecule has 1 atom stereocenters. The van der Waals surface area contributed by atoms with E-state index in [1.807, 2.05) is 12.1 Å². The maximum atomic E-state index is 12.0. The van der Waals surface area contributed by atoms with Crippen LogP contribution in [0.3, 0.4) is 0 Å². The van der Waals surface area contributed by atoms with Crippen molar-refractivity contribution in [1.82, 2.24) is 10.2 Å². The highest BCUT2D eigenvalue weighted by atomic mass is 35.5. The zero-order valence-corrected chi connectivity index (χ0v) is 12.3. The molecule has 0 aliphatic carbocycles. The number of rotatable bonds is 5. The van der Waals surface area contributed by atoms with Gasteiger partial charge in [0.25, 0.3) is 6.43 Å². The second-order valence-corrected chi connectivity index (χ2v) is 4.94. The molecule has 1 aromatic rings. The van der Waals surface area contributed by atoms with Gasteiger partial charge in [-0.2, -0.15) is 0 Å². The monoisotopic (exact) mass is 306 g/mol. The second kappa shape index (κ2) is 8.39. The highest BCUT2D eigenvalue weighted by Gasteiger charge is 2.15. The number of nitrogens with zero attached hydrogens (tertiary/aromatic N) is 1. The van der Waals surface area contributed by atoms with Crippen LogP contribution < -0.4 is 10.1 Å². The van der Waals surface area contributed by atoms with Crippen LogP contribution in [0.5, 0.6) is 5.75 Å². The molecule has 1 heterocycles. The lowest BCUT2D eigenvalue weighted by Crippen LogP contribution is -2.48. The van der Waals surface area contributed by atoms with E-state index in [0.29, 0.717) is 11.8 Å². The topological polar surface area (TPSA) is 24.5 Å². The van der Waals surface area contributed by atoms with Crippen LogP contribution in [0.15, 0.2) is 24.3 Å². The minimum atomic E-state index is -2.43. The summed E-state index contributed by atoms with van der Waals surface area (Å²) >= 11 is 0. The van der Waals surface area contributed by atoms with Crippen molar-refractivity contribution in [2.75, 3.05) is 26.2 Å². The van der Waals surface area contributed by atoms with Gasteiger partial charge < -0.3 is 10.1 Å². The number of ether oxygens (including phenoxy) is 1. The van der Waals surface area contributed by atoms with Crippen LogP contribution in [0.4, 0.5) is 8.78 Å². The number of alkyl halides is 2. The molecule has 0 spiro atoms. The van der Waals surface area contributed by atoms with Gasteiger partial charge >= 0.3 is 0 Å². The van der Waals surface area contributed by atoms with Gasteiger partial charge in [0.15, 0.2) is 0 Å². The summed E-state index contributed by atoms with van der Waals surface area (Å²) in [7, 11) is 0. The van der Waals surface area contributed by atoms with Gasteiger partial charge in [-0.1, -0.05) is 12.1 Å². The van der Waals surface area contributed by atoms with Gasteiger partial charge in [0.2, 0.25) is 0 Å². The van der Waals surface area contributed by atoms with Crippen molar-refractivity contribution < 1.29 is 13.5 Å². The quantitative estimate of drug-likeness (QED) is 0.905. The summed E-state index contributed by atoms with van der Waals surface area (Å²) in [6.45, 7) is 5.59. The van der Waals surface area contributed by atoms with E-state index in [9.17, 15) is 8.78 Å². The van der Waals surface area contributed by atoms with Gasteiger partial charge in [-0.25, -0.2) is 8.78 Å². The Bertz CT molecular complexity index is 389. The smallest absolute Gasteiger partial charge is 0.272 e. The summed E-state index contributed by atoms with van der Waals surface area (Å²) in [6, 6.07) is 7.90. The Morgan fingerprint density at radius 2 is 2.05 bits per heavy atom. The van der Waals surface area contributed by atoms with E-state index in [1.165, 1.54) is 5.56 Å². The molecule has 0 bridgehead atoms. The molecule has 0 radical (unpaired) electrons. The zero-order valence-electron chi connectivity index (χ0n) is 11.5. The van der Waals surface area contributed by atoms with Crippen LogP contribution in [0.1, 0.15) is 12.5 Å². The third-order valence-electron chi connectivity index (χ3n) is 3.16. The number of nitrogens with one attached hydrogen (secondary N) is 1. The van der Waals surface area contributed by atoms with Crippen molar-refractivity contribution >= 4 is 12.4 Å². The third kappa shape index (κ3) is 5.61. The summed E-state index contributed by atoms with van der Waals surface area (Å²) in [5.74, 6) is 0.498. The van der Waals surface area contributed by atoms with E-state index in [1.54, 1.807) is 12.1 Å². The van der Waals surface area contributed by atoms with Gasteiger partial charge in [0.05, 0.1) is 0 Å². The molecule has 1 fully saturated rings. The largest absolute Gasteiger partial charge is 0.488 e. The summed E-state index contributed by atoms with van der Waals surface area (Å²) in [5, 5.41) is 3.40. The second-order valence-electron chi connectivity index (χ2n) is 4.94. The van der Waals surface area contributed by atoms with E-state index in [4.69, 9.17) is 4.74 Å². The first kappa shape index (κ1) is 17.1. The number of hydrogen-bond donors (Lipinski definition) is 1. The molecule has 1 aliphatic rings. The Kier molecular flexibility index (Phi) is 7.19. The molecule has 3 nitrogen and oxygen atoms in total. The fourth-order valence-electron chi connectivity index (χ4n) is 2.26. The van der Waals surface area contributed by atoms with Crippen LogP contribution in [0.25, 0.3) is 0 Å². The summed E-state index contributed by atoms with van der Waals surface area (Å²) < 4.78 is 29.0. The summed E-state index contributed by atoms with van der Waals surface area (Å²) in [6.07, 6.45) is -2.43. The first-order chi connectivity index (χ1) is 9.13. The van der Waals surface area contributed by atoms with E-state index < -0.39 is 13.0 Å². The lowest BCUT2D eigenvalue weighted by atomic mass is 10.1. The molecule has 1 aliphatic heterocycles. The first-order valence-electron chi connectivity index (χ1n) is 6.59. The molecule has 0 amide bonds. The molecule has 20 heavy (non-hydrogen) atoms. The Labute approximate surface area is 124 Å². The van der Waals surface area contributed by atoms with Gasteiger partial charge in [-0.3, -0.25) is 4.90 Å². The Morgan fingerprint density at radius 3 is 2.65 bits per heavy atom. The lowest BCUT2D eigenvalue weighted by Gasteiger charge is -2.31. The van der Waals surface area contributed by atoms with Gasteiger partial charge in [-0.05, 0) is 24.6 Å². The van der Waals surface area contributed by atoms with Crippen molar-refractivity contribution in [3.63, 3.8) is 0 Å². The van der Waals surface area contributed by atoms with E-state index in [2.05, 4.69) is 17.1 Å². The standard InChI is InChI=1S/C14H20F2N2O.ClH/c1-11-8-18(7-6-17-11)9-12-2-4-13(5-3-12)19-10-14(15)16;/h2-5,11,14,17H,6-10H2,1H3;1H. The molecule has 0 saturated carbocycles. The highest BCUT2D eigenvalue weighted by molar-refractivity contribution is 5.85. The molecule has 2 rings (SSSR count). The van der Waals surface area contributed by atoms with Crippen LogP contribution in [0.2, 0.25) is 0 Å². The summed E-state index contributed by atoms with van der Waals surface area (Å²) in [4.78, 5) is 2.39. The van der Waals surface area contributed by atoms with E-state index in [0.717, 1.165) is 26.2 Å². The first-order valence-corrected chi connectivity index (χ1v) is 6.59. The average molecular weight is 307 g/mol. The minimum absolute atomic E-state index is 0. The summed E-state index contributed by atoms with van der Waals surface area (Å²) in [5.41, 5.74) is 1.18. The molecule has 6 heteroatoms. The molecule has 1 unspecified atom stereocenters. The average Bonchev–Trinajstić information content (AvgIpc) is 2.38. The van der Waals surface area contributed by atoms with E-state index in [-0.39, 0.29) is 12.4 Å². The van der Waals surface area contributed by atoms with Crippen LogP contribution in [-0.4, -0.2) is 43.6 Å². The molecule has 1 aromatic carbocycles. The normalized spacial score (nSPS) is 19.7. The molecule has 1 saturated heterocycles. The van der Waals surface area contributed by atoms with Crippen LogP contribution >= 0.6 is 12.4 Å². The molecule has 1 N–H and O–H groups in total. The molecular weight excluding hydrogens is 286 g/mol. The fraction of sp³-hybridized carbons (Fsp3) is 0.571.